The Balaban J connectivity index is 1.16. The zero-order chi connectivity index (χ0) is 38.7. The molecule has 0 fully saturated rings. The lowest BCUT2D eigenvalue weighted by Crippen LogP contribution is -2.13. The van der Waals surface area contributed by atoms with Gasteiger partial charge in [-0.2, -0.15) is 0 Å². The van der Waals surface area contributed by atoms with Crippen molar-refractivity contribution in [2.45, 2.75) is 0 Å². The van der Waals surface area contributed by atoms with E-state index in [2.05, 4.69) is 251 Å². The van der Waals surface area contributed by atoms with Gasteiger partial charge < -0.3 is 14.7 Å². The van der Waals surface area contributed by atoms with Crippen LogP contribution in [0.4, 0.5) is 51.2 Å². The molecule has 3 nitrogen and oxygen atoms in total. The molecule has 4 heteroatoms. The number of fused-ring (bicyclic) bond motifs is 3. The molecule has 0 amide bonds. The number of benzene rings is 9. The first-order chi connectivity index (χ1) is 28.8. The van der Waals surface area contributed by atoms with Crippen molar-refractivity contribution in [3.05, 3.63) is 237 Å². The first kappa shape index (κ1) is 35.0. The summed E-state index contributed by atoms with van der Waals surface area (Å²) in [6, 6.07) is 84.6. The molecular weight excluding hydrogens is 723 g/mol. The summed E-state index contributed by atoms with van der Waals surface area (Å²) >= 11 is 1.86. The van der Waals surface area contributed by atoms with Crippen LogP contribution in [0.15, 0.2) is 237 Å². The molecule has 0 aliphatic rings. The largest absolute Gasteiger partial charge is 0.311 e. The molecule has 1 heterocycles. The summed E-state index contributed by atoms with van der Waals surface area (Å²) in [7, 11) is 0. The van der Waals surface area contributed by atoms with Crippen molar-refractivity contribution in [2.75, 3.05) is 14.7 Å². The summed E-state index contributed by atoms with van der Waals surface area (Å²) in [6.45, 7) is 0. The summed E-state index contributed by atoms with van der Waals surface area (Å²) in [5, 5.41) is 2.46. The molecule has 0 unspecified atom stereocenters. The number of rotatable bonds is 10. The molecule has 0 radical (unpaired) electrons. The molecule has 0 atom stereocenters. The van der Waals surface area contributed by atoms with E-state index in [1.54, 1.807) is 0 Å². The average molecular weight is 762 g/mol. The molecule has 0 spiro atoms. The van der Waals surface area contributed by atoms with E-state index in [4.69, 9.17) is 0 Å². The molecule has 0 saturated heterocycles. The highest BCUT2D eigenvalue weighted by atomic mass is 32.1. The number of nitrogens with zero attached hydrogens (tertiary/aromatic N) is 3. The Morgan fingerprint density at radius 1 is 0.259 bits per heavy atom. The Hall–Kier alpha value is -7.40. The van der Waals surface area contributed by atoms with Crippen molar-refractivity contribution in [2.24, 2.45) is 0 Å². The molecular formula is C54H39N3S. The fourth-order valence-electron chi connectivity index (χ4n) is 7.91. The van der Waals surface area contributed by atoms with E-state index in [0.717, 1.165) is 51.2 Å². The number of hydrogen-bond acceptors (Lipinski definition) is 4. The third-order valence-electron chi connectivity index (χ3n) is 10.6. The molecule has 1 aromatic heterocycles. The van der Waals surface area contributed by atoms with Gasteiger partial charge in [0.25, 0.3) is 0 Å². The number of hydrogen-bond donors (Lipinski definition) is 0. The van der Waals surface area contributed by atoms with Crippen molar-refractivity contribution < 1.29 is 0 Å². The number of para-hydroxylation sites is 6. The molecule has 9 aromatic carbocycles. The van der Waals surface area contributed by atoms with E-state index in [9.17, 15) is 0 Å². The van der Waals surface area contributed by atoms with Crippen molar-refractivity contribution >= 4 is 82.7 Å². The van der Waals surface area contributed by atoms with Crippen LogP contribution in [-0.4, -0.2) is 0 Å². The summed E-state index contributed by atoms with van der Waals surface area (Å²) in [5.41, 5.74) is 12.4. The molecule has 0 aliphatic carbocycles. The predicted molar refractivity (Wildman–Crippen MR) is 249 cm³/mol. The van der Waals surface area contributed by atoms with Crippen LogP contribution in [0.5, 0.6) is 0 Å². The molecule has 276 valence electrons. The Labute approximate surface area is 343 Å². The quantitative estimate of drug-likeness (QED) is 0.137. The van der Waals surface area contributed by atoms with E-state index >= 15 is 0 Å². The van der Waals surface area contributed by atoms with Crippen LogP contribution in [0.3, 0.4) is 0 Å². The Morgan fingerprint density at radius 2 is 0.621 bits per heavy atom. The van der Waals surface area contributed by atoms with Gasteiger partial charge >= 0.3 is 0 Å². The van der Waals surface area contributed by atoms with Gasteiger partial charge in [-0.05, 0) is 120 Å². The lowest BCUT2D eigenvalue weighted by atomic mass is 10.0. The fourth-order valence-corrected chi connectivity index (χ4v) is 9.08. The van der Waals surface area contributed by atoms with Gasteiger partial charge in [-0.25, -0.2) is 0 Å². The molecule has 0 aliphatic heterocycles. The molecule has 10 rings (SSSR count). The second kappa shape index (κ2) is 15.6. The van der Waals surface area contributed by atoms with Gasteiger partial charge in [-0.15, -0.1) is 11.3 Å². The zero-order valence-electron chi connectivity index (χ0n) is 31.8. The zero-order valence-corrected chi connectivity index (χ0v) is 32.6. The maximum absolute atomic E-state index is 2.40. The first-order valence-electron chi connectivity index (χ1n) is 19.6. The predicted octanol–water partition coefficient (Wildman–Crippen LogP) is 16.1. The number of anilines is 9. The van der Waals surface area contributed by atoms with Crippen LogP contribution in [0.2, 0.25) is 0 Å². The highest BCUT2D eigenvalue weighted by Gasteiger charge is 2.23. The van der Waals surface area contributed by atoms with E-state index in [1.807, 2.05) is 11.3 Å². The number of thiophene rings is 1. The van der Waals surface area contributed by atoms with Crippen molar-refractivity contribution in [1.29, 1.82) is 0 Å². The highest BCUT2D eigenvalue weighted by Crippen LogP contribution is 2.49. The van der Waals surface area contributed by atoms with E-state index in [-0.39, 0.29) is 0 Å². The summed E-state index contributed by atoms with van der Waals surface area (Å²) in [6.07, 6.45) is 0. The van der Waals surface area contributed by atoms with E-state index < -0.39 is 0 Å². The molecule has 0 bridgehead atoms. The second-order valence-corrected chi connectivity index (χ2v) is 15.3. The Morgan fingerprint density at radius 3 is 1.05 bits per heavy atom. The topological polar surface area (TPSA) is 9.72 Å². The van der Waals surface area contributed by atoms with Gasteiger partial charge in [0.1, 0.15) is 0 Å². The van der Waals surface area contributed by atoms with Crippen LogP contribution in [0, 0.1) is 0 Å². The molecule has 0 N–H and O–H groups in total. The average Bonchev–Trinajstić information content (AvgIpc) is 3.67. The third-order valence-corrected chi connectivity index (χ3v) is 11.8. The minimum Gasteiger partial charge on any atom is -0.311 e. The van der Waals surface area contributed by atoms with Gasteiger partial charge in [0, 0.05) is 61.0 Å². The maximum Gasteiger partial charge on any atom is 0.0661 e. The molecule has 58 heavy (non-hydrogen) atoms. The standard InChI is InChI=1S/C54H39N3S/c1-7-19-42(20-8-1)55(43-21-9-2-10-22-43)48-34-31-40(32-35-48)41-33-36-53-50(37-41)51-38-49(56(44-23-11-3-12-24-44)45-25-13-4-14-26-45)39-52(54(51)58-53)57(46-27-15-5-16-28-46)47-29-17-6-18-30-47/h1-39H. The van der Waals surface area contributed by atoms with E-state index in [0.29, 0.717) is 0 Å². The minimum atomic E-state index is 1.09. The van der Waals surface area contributed by atoms with Crippen LogP contribution in [0.25, 0.3) is 31.3 Å². The summed E-state index contributed by atoms with van der Waals surface area (Å²) in [5.74, 6) is 0. The maximum atomic E-state index is 2.40. The van der Waals surface area contributed by atoms with Crippen LogP contribution >= 0.6 is 11.3 Å². The van der Waals surface area contributed by atoms with Crippen molar-refractivity contribution in [1.82, 2.24) is 0 Å². The first-order valence-corrected chi connectivity index (χ1v) is 20.4. The smallest absolute Gasteiger partial charge is 0.0661 e. The SMILES string of the molecule is c1ccc(N(c2ccccc2)c2ccc(-c3ccc4sc5c(N(c6ccccc6)c6ccccc6)cc(N(c6ccccc6)c6ccccc6)cc5c4c3)cc2)cc1. The third kappa shape index (κ3) is 6.76. The minimum absolute atomic E-state index is 1.09. The fraction of sp³-hybridized carbons (Fsp3) is 0. The van der Waals surface area contributed by atoms with Gasteiger partial charge in [0.05, 0.1) is 10.4 Å². The van der Waals surface area contributed by atoms with E-state index in [1.165, 1.54) is 31.3 Å². The van der Waals surface area contributed by atoms with Gasteiger partial charge in [-0.1, -0.05) is 127 Å². The summed E-state index contributed by atoms with van der Waals surface area (Å²) in [4.78, 5) is 7.08. The Bertz CT molecular complexity index is 2800. The lowest BCUT2D eigenvalue weighted by Gasteiger charge is -2.30. The molecule has 10 aromatic rings. The van der Waals surface area contributed by atoms with Crippen LogP contribution in [-0.2, 0) is 0 Å². The van der Waals surface area contributed by atoms with Crippen LogP contribution < -0.4 is 14.7 Å². The lowest BCUT2D eigenvalue weighted by molar-refractivity contribution is 1.26. The highest BCUT2D eigenvalue weighted by molar-refractivity contribution is 7.26. The van der Waals surface area contributed by atoms with Gasteiger partial charge in [0.15, 0.2) is 0 Å². The van der Waals surface area contributed by atoms with Gasteiger partial charge in [0.2, 0.25) is 0 Å². The van der Waals surface area contributed by atoms with Crippen molar-refractivity contribution in [3.8, 4) is 11.1 Å². The summed E-state index contributed by atoms with van der Waals surface area (Å²) < 4.78 is 2.49. The normalized spacial score (nSPS) is 11.1. The van der Waals surface area contributed by atoms with Gasteiger partial charge in [-0.3, -0.25) is 0 Å². The van der Waals surface area contributed by atoms with Crippen LogP contribution in [0.1, 0.15) is 0 Å². The monoisotopic (exact) mass is 761 g/mol. The van der Waals surface area contributed by atoms with Crippen molar-refractivity contribution in [3.63, 3.8) is 0 Å². The Kier molecular flexibility index (Phi) is 9.44. The molecule has 0 saturated carbocycles. The second-order valence-electron chi connectivity index (χ2n) is 14.2.